The summed E-state index contributed by atoms with van der Waals surface area (Å²) in [4.78, 5) is 25.3. The summed E-state index contributed by atoms with van der Waals surface area (Å²) in [6, 6.07) is 2.72. The van der Waals surface area contributed by atoms with E-state index in [0.717, 1.165) is 0 Å². The van der Waals surface area contributed by atoms with E-state index in [1.165, 1.54) is 18.5 Å². The van der Waals surface area contributed by atoms with Gasteiger partial charge < -0.3 is 5.32 Å². The standard InChI is InChI=1S/C12H6BrF2N3O3/c13-6-5-16-4-3-8(6)17-12(19)10-7(14)1-2-9(11(10)15)18(20)21/h1-5H,(H,16,17,19). The summed E-state index contributed by atoms with van der Waals surface area (Å²) in [6.45, 7) is 0. The number of aromatic nitrogens is 1. The Hall–Kier alpha value is -2.42. The Kier molecular flexibility index (Phi) is 4.22. The normalized spacial score (nSPS) is 10.2. The van der Waals surface area contributed by atoms with Crippen LogP contribution in [0.15, 0.2) is 35.1 Å². The van der Waals surface area contributed by atoms with Crippen molar-refractivity contribution in [3.05, 3.63) is 62.4 Å². The third kappa shape index (κ3) is 3.02. The number of amides is 1. The number of carbonyl (C=O) groups excluding carboxylic acids is 1. The molecule has 1 aromatic carbocycles. The van der Waals surface area contributed by atoms with E-state index >= 15 is 0 Å². The van der Waals surface area contributed by atoms with Crippen molar-refractivity contribution in [3.8, 4) is 0 Å². The topological polar surface area (TPSA) is 85.1 Å². The summed E-state index contributed by atoms with van der Waals surface area (Å²) in [5, 5.41) is 12.9. The number of nitro benzene ring substituents is 1. The third-order valence-corrected chi connectivity index (χ3v) is 3.15. The van der Waals surface area contributed by atoms with Gasteiger partial charge in [0.2, 0.25) is 5.82 Å². The molecule has 0 saturated carbocycles. The number of rotatable bonds is 3. The van der Waals surface area contributed by atoms with E-state index in [4.69, 9.17) is 0 Å². The van der Waals surface area contributed by atoms with Crippen molar-refractivity contribution in [2.75, 3.05) is 5.32 Å². The Labute approximate surface area is 125 Å². The molecule has 0 radical (unpaired) electrons. The number of hydrogen-bond donors (Lipinski definition) is 1. The lowest BCUT2D eigenvalue weighted by Gasteiger charge is -2.08. The fraction of sp³-hybridized carbons (Fsp3) is 0. The van der Waals surface area contributed by atoms with Crippen LogP contribution in [0.25, 0.3) is 0 Å². The first-order chi connectivity index (χ1) is 9.91. The fourth-order valence-corrected chi connectivity index (χ4v) is 1.90. The SMILES string of the molecule is O=C(Nc1ccncc1Br)c1c(F)ccc([N+](=O)[O-])c1F. The Morgan fingerprint density at radius 3 is 2.67 bits per heavy atom. The van der Waals surface area contributed by atoms with E-state index in [9.17, 15) is 23.7 Å². The Morgan fingerprint density at radius 1 is 1.33 bits per heavy atom. The highest BCUT2D eigenvalue weighted by Gasteiger charge is 2.26. The number of hydrogen-bond acceptors (Lipinski definition) is 4. The average molecular weight is 358 g/mol. The highest BCUT2D eigenvalue weighted by Crippen LogP contribution is 2.25. The molecule has 0 spiro atoms. The van der Waals surface area contributed by atoms with Gasteiger partial charge in [-0.15, -0.1) is 0 Å². The molecule has 0 atom stereocenters. The summed E-state index contributed by atoms with van der Waals surface area (Å²) in [5.41, 5.74) is -1.77. The minimum absolute atomic E-state index is 0.223. The molecule has 1 N–H and O–H groups in total. The second-order valence-corrected chi connectivity index (χ2v) is 4.68. The molecule has 0 aliphatic rings. The summed E-state index contributed by atoms with van der Waals surface area (Å²) >= 11 is 3.10. The van der Waals surface area contributed by atoms with Crippen molar-refractivity contribution in [3.63, 3.8) is 0 Å². The van der Waals surface area contributed by atoms with Crippen LogP contribution >= 0.6 is 15.9 Å². The van der Waals surface area contributed by atoms with Crippen molar-refractivity contribution in [1.29, 1.82) is 0 Å². The first-order valence-corrected chi connectivity index (χ1v) is 6.24. The molecule has 1 heterocycles. The van der Waals surface area contributed by atoms with Crippen LogP contribution in [0.4, 0.5) is 20.2 Å². The van der Waals surface area contributed by atoms with E-state index in [2.05, 4.69) is 26.2 Å². The van der Waals surface area contributed by atoms with Gasteiger partial charge in [0, 0.05) is 18.5 Å². The van der Waals surface area contributed by atoms with Crippen LogP contribution in [0.3, 0.4) is 0 Å². The zero-order valence-electron chi connectivity index (χ0n) is 10.1. The third-order valence-electron chi connectivity index (χ3n) is 2.52. The number of nitrogens with zero attached hydrogens (tertiary/aromatic N) is 2. The monoisotopic (exact) mass is 357 g/mol. The van der Waals surface area contributed by atoms with Gasteiger partial charge in [-0.2, -0.15) is 4.39 Å². The predicted octanol–water partition coefficient (Wildman–Crippen LogP) is 3.28. The maximum absolute atomic E-state index is 13.9. The van der Waals surface area contributed by atoms with E-state index in [0.29, 0.717) is 16.6 Å². The average Bonchev–Trinajstić information content (AvgIpc) is 2.41. The van der Waals surface area contributed by atoms with Crippen molar-refractivity contribution in [2.24, 2.45) is 0 Å². The van der Waals surface area contributed by atoms with Gasteiger partial charge in [-0.25, -0.2) is 4.39 Å². The highest BCUT2D eigenvalue weighted by atomic mass is 79.9. The smallest absolute Gasteiger partial charge is 0.305 e. The zero-order valence-corrected chi connectivity index (χ0v) is 11.7. The van der Waals surface area contributed by atoms with Crippen molar-refractivity contribution in [2.45, 2.75) is 0 Å². The molecule has 0 unspecified atom stereocenters. The molecule has 0 aliphatic heterocycles. The molecule has 0 bridgehead atoms. The molecule has 0 aliphatic carbocycles. The quantitative estimate of drug-likeness (QED) is 0.674. The van der Waals surface area contributed by atoms with Gasteiger partial charge in [0.05, 0.1) is 15.1 Å². The molecule has 0 saturated heterocycles. The second-order valence-electron chi connectivity index (χ2n) is 3.82. The van der Waals surface area contributed by atoms with Gasteiger partial charge in [-0.3, -0.25) is 19.9 Å². The summed E-state index contributed by atoms with van der Waals surface area (Å²) in [7, 11) is 0. The molecule has 9 heteroatoms. The van der Waals surface area contributed by atoms with E-state index in [1.807, 2.05) is 0 Å². The molecular formula is C12H6BrF2N3O3. The molecule has 2 rings (SSSR count). The maximum atomic E-state index is 13.9. The minimum atomic E-state index is -1.53. The minimum Gasteiger partial charge on any atom is -0.321 e. The number of nitro groups is 1. The van der Waals surface area contributed by atoms with Crippen LogP contribution in [0, 0.1) is 21.7 Å². The van der Waals surface area contributed by atoms with Gasteiger partial charge >= 0.3 is 5.69 Å². The van der Waals surface area contributed by atoms with Gasteiger partial charge in [0.25, 0.3) is 5.91 Å². The van der Waals surface area contributed by atoms with Crippen molar-refractivity contribution in [1.82, 2.24) is 4.98 Å². The van der Waals surface area contributed by atoms with E-state index in [1.54, 1.807) is 0 Å². The molecule has 6 nitrogen and oxygen atoms in total. The van der Waals surface area contributed by atoms with E-state index < -0.39 is 33.7 Å². The van der Waals surface area contributed by atoms with Gasteiger partial charge in [-0.1, -0.05) is 0 Å². The first kappa shape index (κ1) is 15.0. The number of anilines is 1. The Bertz CT molecular complexity index is 740. The van der Waals surface area contributed by atoms with Gasteiger partial charge in [0.15, 0.2) is 0 Å². The van der Waals surface area contributed by atoms with Crippen LogP contribution in [-0.4, -0.2) is 15.8 Å². The largest absolute Gasteiger partial charge is 0.321 e. The number of nitrogens with one attached hydrogen (secondary N) is 1. The molecule has 108 valence electrons. The summed E-state index contributed by atoms with van der Waals surface area (Å²) in [5.74, 6) is -3.86. The molecule has 2 aromatic rings. The van der Waals surface area contributed by atoms with Crippen LogP contribution in [0.2, 0.25) is 0 Å². The maximum Gasteiger partial charge on any atom is 0.305 e. The van der Waals surface area contributed by atoms with Crippen molar-refractivity contribution < 1.29 is 18.5 Å². The molecule has 1 amide bonds. The lowest BCUT2D eigenvalue weighted by molar-refractivity contribution is -0.387. The number of halogens is 3. The van der Waals surface area contributed by atoms with Gasteiger partial charge in [0.1, 0.15) is 11.4 Å². The molecule has 21 heavy (non-hydrogen) atoms. The van der Waals surface area contributed by atoms with Crippen LogP contribution in [0.1, 0.15) is 10.4 Å². The molecular weight excluding hydrogens is 352 g/mol. The summed E-state index contributed by atoms with van der Waals surface area (Å²) < 4.78 is 27.9. The van der Waals surface area contributed by atoms with E-state index in [-0.39, 0.29) is 5.69 Å². The Morgan fingerprint density at radius 2 is 2.05 bits per heavy atom. The summed E-state index contributed by atoms with van der Waals surface area (Å²) in [6.07, 6.45) is 2.73. The lowest BCUT2D eigenvalue weighted by Crippen LogP contribution is -2.17. The van der Waals surface area contributed by atoms with Gasteiger partial charge in [-0.05, 0) is 28.1 Å². The van der Waals surface area contributed by atoms with Crippen LogP contribution in [-0.2, 0) is 0 Å². The van der Waals surface area contributed by atoms with Crippen LogP contribution < -0.4 is 5.32 Å². The lowest BCUT2D eigenvalue weighted by atomic mass is 10.1. The highest BCUT2D eigenvalue weighted by molar-refractivity contribution is 9.10. The number of benzene rings is 1. The first-order valence-electron chi connectivity index (χ1n) is 5.45. The number of pyridine rings is 1. The predicted molar refractivity (Wildman–Crippen MR) is 72.9 cm³/mol. The Balaban J connectivity index is 2.42. The van der Waals surface area contributed by atoms with Crippen LogP contribution in [0.5, 0.6) is 0 Å². The van der Waals surface area contributed by atoms with Crippen molar-refractivity contribution >= 4 is 33.2 Å². The second kappa shape index (κ2) is 5.92. The number of carbonyl (C=O) groups is 1. The molecule has 1 aromatic heterocycles. The molecule has 0 fully saturated rings. The fourth-order valence-electron chi connectivity index (χ4n) is 1.55. The zero-order chi connectivity index (χ0) is 15.6.